The van der Waals surface area contributed by atoms with Gasteiger partial charge in [0.05, 0.1) is 5.69 Å². The van der Waals surface area contributed by atoms with Crippen LogP contribution in [0.1, 0.15) is 41.3 Å². The van der Waals surface area contributed by atoms with Crippen LogP contribution in [0.5, 0.6) is 5.75 Å². The van der Waals surface area contributed by atoms with E-state index in [1.807, 2.05) is 37.3 Å². The number of nitrogens with one attached hydrogen (secondary N) is 2. The van der Waals surface area contributed by atoms with E-state index in [1.54, 1.807) is 13.8 Å². The van der Waals surface area contributed by atoms with Crippen LogP contribution in [0.4, 0.5) is 5.82 Å². The third-order valence-corrected chi connectivity index (χ3v) is 5.03. The molecule has 0 bridgehead atoms. The Morgan fingerprint density at radius 3 is 2.72 bits per heavy atom. The number of hydrogen-bond acceptors (Lipinski definition) is 5. The number of benzene rings is 1. The summed E-state index contributed by atoms with van der Waals surface area (Å²) in [6.07, 6.45) is 2.13. The molecule has 2 heterocycles. The maximum Gasteiger partial charge on any atom is 0.263 e. The molecule has 1 fully saturated rings. The zero-order chi connectivity index (χ0) is 20.5. The van der Waals surface area contributed by atoms with E-state index in [0.717, 1.165) is 24.1 Å². The highest BCUT2D eigenvalue weighted by atomic mass is 16.5. The number of anilines is 1. The Bertz CT molecular complexity index is 1130. The van der Waals surface area contributed by atoms with Crippen molar-refractivity contribution >= 4 is 11.7 Å². The van der Waals surface area contributed by atoms with Crippen molar-refractivity contribution in [2.75, 3.05) is 11.9 Å². The Kier molecular flexibility index (Phi) is 4.92. The molecule has 1 aromatic carbocycles. The van der Waals surface area contributed by atoms with Crippen LogP contribution in [0.3, 0.4) is 0 Å². The molecule has 29 heavy (non-hydrogen) atoms. The van der Waals surface area contributed by atoms with E-state index >= 15 is 0 Å². The molecule has 2 aromatic heterocycles. The number of aryl methyl sites for hydroxylation is 2. The van der Waals surface area contributed by atoms with Crippen LogP contribution in [-0.2, 0) is 4.79 Å². The molecular formula is C21H23N5O3. The molecule has 4 rings (SSSR count). The van der Waals surface area contributed by atoms with E-state index in [-0.39, 0.29) is 24.0 Å². The van der Waals surface area contributed by atoms with Gasteiger partial charge in [-0.15, -0.1) is 0 Å². The lowest BCUT2D eigenvalue weighted by Gasteiger charge is -2.11. The molecule has 0 radical (unpaired) electrons. The summed E-state index contributed by atoms with van der Waals surface area (Å²) in [4.78, 5) is 31.8. The van der Waals surface area contributed by atoms with E-state index < -0.39 is 0 Å². The first-order valence-electron chi connectivity index (χ1n) is 9.58. The zero-order valence-electron chi connectivity index (χ0n) is 16.7. The molecule has 0 unspecified atom stereocenters. The van der Waals surface area contributed by atoms with Crippen LogP contribution in [0, 0.1) is 20.8 Å². The van der Waals surface area contributed by atoms with Crippen LogP contribution in [0.2, 0.25) is 0 Å². The van der Waals surface area contributed by atoms with E-state index in [2.05, 4.69) is 20.4 Å². The van der Waals surface area contributed by atoms with Gasteiger partial charge in [0.25, 0.3) is 11.5 Å². The third kappa shape index (κ3) is 4.06. The second-order valence-corrected chi connectivity index (χ2v) is 7.34. The van der Waals surface area contributed by atoms with Crippen molar-refractivity contribution < 1.29 is 9.53 Å². The molecule has 1 amide bonds. The molecule has 8 heteroatoms. The van der Waals surface area contributed by atoms with Gasteiger partial charge in [0.1, 0.15) is 11.6 Å². The second-order valence-electron chi connectivity index (χ2n) is 7.34. The zero-order valence-corrected chi connectivity index (χ0v) is 16.7. The molecule has 0 saturated heterocycles. The quantitative estimate of drug-likeness (QED) is 0.670. The fraction of sp³-hybridized carbons (Fsp3) is 0.333. The van der Waals surface area contributed by atoms with Gasteiger partial charge >= 0.3 is 0 Å². The van der Waals surface area contributed by atoms with Crippen molar-refractivity contribution in [1.82, 2.24) is 19.7 Å². The van der Waals surface area contributed by atoms with Gasteiger partial charge in [-0.2, -0.15) is 9.78 Å². The molecule has 8 nitrogen and oxygen atoms in total. The van der Waals surface area contributed by atoms with Gasteiger partial charge in [0, 0.05) is 23.2 Å². The highest BCUT2D eigenvalue weighted by Gasteiger charge is 2.28. The first-order valence-corrected chi connectivity index (χ1v) is 9.58. The minimum Gasteiger partial charge on any atom is -0.483 e. The first-order chi connectivity index (χ1) is 13.9. The smallest absolute Gasteiger partial charge is 0.263 e. The number of para-hydroxylation sites is 1. The van der Waals surface area contributed by atoms with Crippen LogP contribution in [0.25, 0.3) is 5.95 Å². The van der Waals surface area contributed by atoms with Crippen molar-refractivity contribution in [3.05, 3.63) is 63.2 Å². The van der Waals surface area contributed by atoms with Gasteiger partial charge in [-0.05, 0) is 45.2 Å². The molecule has 0 spiro atoms. The summed E-state index contributed by atoms with van der Waals surface area (Å²) < 4.78 is 7.10. The van der Waals surface area contributed by atoms with Gasteiger partial charge < -0.3 is 10.1 Å². The average molecular weight is 393 g/mol. The third-order valence-electron chi connectivity index (χ3n) is 5.03. The maximum absolute atomic E-state index is 12.5. The van der Waals surface area contributed by atoms with E-state index in [0.29, 0.717) is 28.7 Å². The minimum atomic E-state index is -0.317. The fourth-order valence-corrected chi connectivity index (χ4v) is 3.00. The van der Waals surface area contributed by atoms with Crippen LogP contribution in [-0.4, -0.2) is 32.3 Å². The summed E-state index contributed by atoms with van der Waals surface area (Å²) in [7, 11) is 0. The SMILES string of the molecule is Cc1ccccc1OCC(=O)Nc1cc(C2CC2)nn1-c1nc(C)c(C)c(=O)[nH]1. The molecular weight excluding hydrogens is 370 g/mol. The number of hydrogen-bond donors (Lipinski definition) is 2. The fourth-order valence-electron chi connectivity index (χ4n) is 3.00. The normalized spacial score (nSPS) is 13.3. The molecule has 3 aromatic rings. The number of aromatic amines is 1. The first kappa shape index (κ1) is 18.9. The number of H-pyrrole nitrogens is 1. The number of rotatable bonds is 6. The van der Waals surface area contributed by atoms with Gasteiger partial charge in [0.2, 0.25) is 5.95 Å². The number of carbonyl (C=O) groups excluding carboxylic acids is 1. The van der Waals surface area contributed by atoms with Crippen molar-refractivity contribution in [3.63, 3.8) is 0 Å². The summed E-state index contributed by atoms with van der Waals surface area (Å²) in [5.41, 5.74) is 2.78. The van der Waals surface area contributed by atoms with Gasteiger partial charge in [0.15, 0.2) is 6.61 Å². The number of carbonyl (C=O) groups is 1. The number of ether oxygens (including phenoxy) is 1. The predicted octanol–water partition coefficient (Wildman–Crippen LogP) is 2.78. The topological polar surface area (TPSA) is 102 Å². The standard InChI is InChI=1S/C21H23N5O3/c1-12-6-4-5-7-17(12)29-11-19(27)23-18-10-16(15-8-9-15)25-26(18)21-22-14(3)13(2)20(28)24-21/h4-7,10,15H,8-9,11H2,1-3H3,(H,23,27)(H,22,24,28). The highest BCUT2D eigenvalue weighted by Crippen LogP contribution is 2.40. The van der Waals surface area contributed by atoms with Crippen molar-refractivity contribution in [3.8, 4) is 11.7 Å². The molecule has 0 atom stereocenters. The van der Waals surface area contributed by atoms with Crippen LogP contribution in [0.15, 0.2) is 35.1 Å². The Morgan fingerprint density at radius 1 is 1.28 bits per heavy atom. The Balaban J connectivity index is 1.57. The van der Waals surface area contributed by atoms with Gasteiger partial charge in [-0.25, -0.2) is 4.98 Å². The van der Waals surface area contributed by atoms with E-state index in [9.17, 15) is 9.59 Å². The summed E-state index contributed by atoms with van der Waals surface area (Å²) in [5, 5.41) is 7.40. The second kappa shape index (κ2) is 7.54. The monoisotopic (exact) mass is 393 g/mol. The highest BCUT2D eigenvalue weighted by molar-refractivity contribution is 5.91. The molecule has 2 N–H and O–H groups in total. The average Bonchev–Trinajstić information content (AvgIpc) is 3.46. The lowest BCUT2D eigenvalue weighted by atomic mass is 10.2. The molecule has 1 aliphatic rings. The van der Waals surface area contributed by atoms with Crippen molar-refractivity contribution in [2.24, 2.45) is 0 Å². The van der Waals surface area contributed by atoms with Crippen molar-refractivity contribution in [2.45, 2.75) is 39.5 Å². The van der Waals surface area contributed by atoms with Crippen molar-refractivity contribution in [1.29, 1.82) is 0 Å². The Hall–Kier alpha value is -3.42. The van der Waals surface area contributed by atoms with Gasteiger partial charge in [-0.1, -0.05) is 18.2 Å². The summed E-state index contributed by atoms with van der Waals surface area (Å²) in [6, 6.07) is 9.35. The maximum atomic E-state index is 12.5. The summed E-state index contributed by atoms with van der Waals surface area (Å²) in [5.74, 6) is 1.46. The molecule has 150 valence electrons. The van der Waals surface area contributed by atoms with Gasteiger partial charge in [-0.3, -0.25) is 14.6 Å². The number of aromatic nitrogens is 4. The van der Waals surface area contributed by atoms with Crippen LogP contribution >= 0.6 is 0 Å². The van der Waals surface area contributed by atoms with E-state index in [1.165, 1.54) is 4.68 Å². The predicted molar refractivity (Wildman–Crippen MR) is 109 cm³/mol. The summed E-state index contributed by atoms with van der Waals surface area (Å²) >= 11 is 0. The number of amides is 1. The van der Waals surface area contributed by atoms with E-state index in [4.69, 9.17) is 4.74 Å². The number of nitrogens with zero attached hydrogens (tertiary/aromatic N) is 3. The Morgan fingerprint density at radius 2 is 2.03 bits per heavy atom. The largest absolute Gasteiger partial charge is 0.483 e. The minimum absolute atomic E-state index is 0.133. The lowest BCUT2D eigenvalue weighted by Crippen LogP contribution is -2.24. The lowest BCUT2D eigenvalue weighted by molar-refractivity contribution is -0.118. The molecule has 1 aliphatic carbocycles. The molecule has 1 saturated carbocycles. The molecule has 0 aliphatic heterocycles. The Labute approximate surface area is 167 Å². The van der Waals surface area contributed by atoms with Crippen LogP contribution < -0.4 is 15.6 Å². The summed E-state index contributed by atoms with van der Waals surface area (Å²) in [6.45, 7) is 5.28.